The van der Waals surface area contributed by atoms with E-state index in [1.165, 1.54) is 42.5 Å². The van der Waals surface area contributed by atoms with E-state index in [0.29, 0.717) is 5.56 Å². The van der Waals surface area contributed by atoms with Gasteiger partial charge in [0.25, 0.3) is 15.9 Å². The van der Waals surface area contributed by atoms with Crippen LogP contribution in [-0.2, 0) is 16.6 Å². The third-order valence-corrected chi connectivity index (χ3v) is 6.04. The second-order valence-corrected chi connectivity index (χ2v) is 8.72. The first-order chi connectivity index (χ1) is 14.2. The van der Waals surface area contributed by atoms with Crippen molar-refractivity contribution in [3.8, 4) is 0 Å². The van der Waals surface area contributed by atoms with Crippen LogP contribution >= 0.6 is 23.2 Å². The molecule has 3 aromatic carbocycles. The van der Waals surface area contributed by atoms with Gasteiger partial charge >= 0.3 is 0 Å². The van der Waals surface area contributed by atoms with Crippen molar-refractivity contribution in [2.45, 2.75) is 11.4 Å². The fourth-order valence-corrected chi connectivity index (χ4v) is 4.31. The first kappa shape index (κ1) is 22.0. The maximum Gasteiger partial charge on any atom is 0.261 e. The Balaban J connectivity index is 1.91. The van der Waals surface area contributed by atoms with Gasteiger partial charge in [-0.2, -0.15) is 0 Å². The van der Waals surface area contributed by atoms with Crippen LogP contribution in [0.15, 0.2) is 65.6 Å². The Kier molecular flexibility index (Phi) is 6.62. The van der Waals surface area contributed by atoms with Gasteiger partial charge in [-0.25, -0.2) is 12.8 Å². The molecule has 30 heavy (non-hydrogen) atoms. The van der Waals surface area contributed by atoms with E-state index >= 15 is 0 Å². The molecule has 0 aliphatic rings. The van der Waals surface area contributed by atoms with Gasteiger partial charge in [-0.1, -0.05) is 41.4 Å². The van der Waals surface area contributed by atoms with Crippen LogP contribution in [-0.4, -0.2) is 14.3 Å². The molecular weight excluding hydrogens is 452 g/mol. The lowest BCUT2D eigenvalue weighted by Gasteiger charge is -2.14. The Morgan fingerprint density at radius 1 is 1.03 bits per heavy atom. The molecule has 0 fully saturated rings. The van der Waals surface area contributed by atoms with Crippen molar-refractivity contribution in [1.29, 1.82) is 0 Å². The standard InChI is InChI=1S/C20H16Cl2FN3O3S/c21-13-3-1-4-15(9-13)30(28,29)26-18-10-14(8-7-12(18)11-24)25-20(27)19-16(22)5-2-6-17(19)23/h1-10,26H,11,24H2,(H,25,27). The van der Waals surface area contributed by atoms with Gasteiger partial charge in [0.15, 0.2) is 0 Å². The fraction of sp³-hybridized carbons (Fsp3) is 0.0500. The molecule has 10 heteroatoms. The van der Waals surface area contributed by atoms with Crippen LogP contribution in [0.25, 0.3) is 0 Å². The summed E-state index contributed by atoms with van der Waals surface area (Å²) in [5.41, 5.74) is 6.26. The number of nitrogens with two attached hydrogens (primary N) is 1. The Morgan fingerprint density at radius 2 is 1.77 bits per heavy atom. The normalized spacial score (nSPS) is 11.2. The molecule has 0 radical (unpaired) electrons. The molecule has 3 rings (SSSR count). The largest absolute Gasteiger partial charge is 0.326 e. The van der Waals surface area contributed by atoms with E-state index in [1.807, 2.05) is 0 Å². The number of carbonyl (C=O) groups is 1. The van der Waals surface area contributed by atoms with Gasteiger partial charge in [-0.3, -0.25) is 9.52 Å². The minimum absolute atomic E-state index is 0.0365. The quantitative estimate of drug-likeness (QED) is 0.491. The summed E-state index contributed by atoms with van der Waals surface area (Å²) in [7, 11) is -3.96. The highest BCUT2D eigenvalue weighted by molar-refractivity contribution is 7.92. The molecule has 0 saturated carbocycles. The van der Waals surface area contributed by atoms with Crippen LogP contribution in [0.4, 0.5) is 15.8 Å². The third-order valence-electron chi connectivity index (χ3n) is 4.13. The molecule has 0 aliphatic heterocycles. The number of hydrogen-bond donors (Lipinski definition) is 3. The first-order valence-electron chi connectivity index (χ1n) is 8.58. The summed E-state index contributed by atoms with van der Waals surface area (Å²) in [5.74, 6) is -1.55. The smallest absolute Gasteiger partial charge is 0.261 e. The Hall–Kier alpha value is -2.65. The Labute approximate surface area is 182 Å². The number of hydrogen-bond acceptors (Lipinski definition) is 4. The highest BCUT2D eigenvalue weighted by Gasteiger charge is 2.19. The lowest BCUT2D eigenvalue weighted by molar-refractivity contribution is 0.102. The molecule has 1 amide bonds. The lowest BCUT2D eigenvalue weighted by atomic mass is 10.1. The number of sulfonamides is 1. The minimum atomic E-state index is -3.96. The van der Waals surface area contributed by atoms with E-state index in [4.69, 9.17) is 28.9 Å². The molecule has 0 bridgehead atoms. The molecule has 3 aromatic rings. The summed E-state index contributed by atoms with van der Waals surface area (Å²) < 4.78 is 41.8. The number of anilines is 2. The molecule has 0 aromatic heterocycles. The van der Waals surface area contributed by atoms with Crippen molar-refractivity contribution in [3.63, 3.8) is 0 Å². The van der Waals surface area contributed by atoms with Crippen LogP contribution in [0.5, 0.6) is 0 Å². The zero-order chi connectivity index (χ0) is 21.9. The molecule has 0 atom stereocenters. The van der Waals surface area contributed by atoms with Crippen LogP contribution in [0.1, 0.15) is 15.9 Å². The average Bonchev–Trinajstić information content (AvgIpc) is 2.68. The number of rotatable bonds is 6. The van der Waals surface area contributed by atoms with Crippen molar-refractivity contribution in [2.75, 3.05) is 10.0 Å². The molecule has 0 unspecified atom stereocenters. The summed E-state index contributed by atoms with van der Waals surface area (Å²) in [5, 5.41) is 2.72. The van der Waals surface area contributed by atoms with E-state index in [-0.39, 0.29) is 38.4 Å². The summed E-state index contributed by atoms with van der Waals surface area (Å²) in [6.45, 7) is 0.0424. The summed E-state index contributed by atoms with van der Waals surface area (Å²) in [4.78, 5) is 12.4. The highest BCUT2D eigenvalue weighted by atomic mass is 35.5. The molecule has 0 heterocycles. The number of nitrogens with one attached hydrogen (secondary N) is 2. The summed E-state index contributed by atoms with van der Waals surface area (Å²) in [6, 6.07) is 14.1. The van der Waals surface area contributed by atoms with Gasteiger partial charge in [0.05, 0.1) is 21.2 Å². The Bertz CT molecular complexity index is 1200. The van der Waals surface area contributed by atoms with Crippen molar-refractivity contribution < 1.29 is 17.6 Å². The molecule has 0 spiro atoms. The van der Waals surface area contributed by atoms with Crippen molar-refractivity contribution in [1.82, 2.24) is 0 Å². The van der Waals surface area contributed by atoms with Gasteiger partial charge in [0.1, 0.15) is 5.82 Å². The highest BCUT2D eigenvalue weighted by Crippen LogP contribution is 2.26. The predicted molar refractivity (Wildman–Crippen MR) is 116 cm³/mol. The zero-order valence-corrected chi connectivity index (χ0v) is 17.7. The molecule has 0 aliphatic carbocycles. The molecule has 4 N–H and O–H groups in total. The van der Waals surface area contributed by atoms with Gasteiger partial charge in [0.2, 0.25) is 0 Å². The van der Waals surface area contributed by atoms with Gasteiger partial charge in [-0.05, 0) is 48.0 Å². The third kappa shape index (κ3) is 4.91. The van der Waals surface area contributed by atoms with E-state index in [1.54, 1.807) is 12.1 Å². The molecule has 0 saturated heterocycles. The van der Waals surface area contributed by atoms with E-state index in [2.05, 4.69) is 10.0 Å². The van der Waals surface area contributed by atoms with Crippen LogP contribution in [0.3, 0.4) is 0 Å². The fourth-order valence-electron chi connectivity index (χ4n) is 2.67. The van der Waals surface area contributed by atoms with Crippen LogP contribution in [0.2, 0.25) is 10.0 Å². The minimum Gasteiger partial charge on any atom is -0.326 e. The molecular formula is C20H16Cl2FN3O3S. The van der Waals surface area contributed by atoms with E-state index in [0.717, 1.165) is 6.07 Å². The van der Waals surface area contributed by atoms with Crippen LogP contribution < -0.4 is 15.8 Å². The second-order valence-electron chi connectivity index (χ2n) is 6.19. The average molecular weight is 468 g/mol. The maximum absolute atomic E-state index is 14.0. The zero-order valence-electron chi connectivity index (χ0n) is 15.3. The van der Waals surface area contributed by atoms with Crippen molar-refractivity contribution in [3.05, 3.63) is 87.7 Å². The summed E-state index contributed by atoms with van der Waals surface area (Å²) >= 11 is 11.8. The van der Waals surface area contributed by atoms with Gasteiger partial charge in [-0.15, -0.1) is 0 Å². The maximum atomic E-state index is 14.0. The molecule has 6 nitrogen and oxygen atoms in total. The number of benzene rings is 3. The first-order valence-corrected chi connectivity index (χ1v) is 10.8. The van der Waals surface area contributed by atoms with Gasteiger partial charge in [0, 0.05) is 17.3 Å². The predicted octanol–water partition coefficient (Wildman–Crippen LogP) is 4.64. The van der Waals surface area contributed by atoms with Gasteiger partial charge < -0.3 is 11.1 Å². The Morgan fingerprint density at radius 3 is 2.43 bits per heavy atom. The monoisotopic (exact) mass is 467 g/mol. The number of carbonyl (C=O) groups excluding carboxylic acids is 1. The molecule has 156 valence electrons. The topological polar surface area (TPSA) is 101 Å². The lowest BCUT2D eigenvalue weighted by Crippen LogP contribution is -2.17. The second kappa shape index (κ2) is 9.01. The summed E-state index contributed by atoms with van der Waals surface area (Å²) in [6.07, 6.45) is 0. The van der Waals surface area contributed by atoms with Crippen LogP contribution in [0, 0.1) is 5.82 Å². The SMILES string of the molecule is NCc1ccc(NC(=O)c2c(F)cccc2Cl)cc1NS(=O)(=O)c1cccc(Cl)c1. The number of amides is 1. The van der Waals surface area contributed by atoms with E-state index in [9.17, 15) is 17.6 Å². The van der Waals surface area contributed by atoms with E-state index < -0.39 is 21.7 Å². The van der Waals surface area contributed by atoms with Crippen molar-refractivity contribution >= 4 is 50.5 Å². The van der Waals surface area contributed by atoms with Crippen molar-refractivity contribution in [2.24, 2.45) is 5.73 Å². The number of halogens is 3.